The average Bonchev–Trinajstić information content (AvgIpc) is 2.96. The molecule has 0 aliphatic rings. The van der Waals surface area contributed by atoms with Crippen molar-refractivity contribution in [2.24, 2.45) is 0 Å². The van der Waals surface area contributed by atoms with E-state index >= 15 is 0 Å². The molecule has 0 atom stereocenters. The minimum atomic E-state index is -1.12. The molecular weight excluding hydrogens is 268 g/mol. The molecule has 19 heavy (non-hydrogen) atoms. The fourth-order valence-electron chi connectivity index (χ4n) is 1.56. The molecule has 0 spiro atoms. The van der Waals surface area contributed by atoms with Gasteiger partial charge in [-0.25, -0.2) is 4.79 Å². The van der Waals surface area contributed by atoms with Crippen LogP contribution in [0.15, 0.2) is 16.5 Å². The lowest BCUT2D eigenvalue weighted by molar-refractivity contribution is 0.0697. The van der Waals surface area contributed by atoms with Gasteiger partial charge in [0.05, 0.1) is 5.69 Å². The smallest absolute Gasteiger partial charge is 0.340 e. The van der Waals surface area contributed by atoms with Crippen LogP contribution in [0.3, 0.4) is 0 Å². The van der Waals surface area contributed by atoms with E-state index in [2.05, 4.69) is 9.69 Å². The Morgan fingerprint density at radius 2 is 2.21 bits per heavy atom. The van der Waals surface area contributed by atoms with Crippen molar-refractivity contribution in [1.29, 1.82) is 0 Å². The third-order valence-corrected chi connectivity index (χ3v) is 3.39. The van der Waals surface area contributed by atoms with Crippen LogP contribution in [0.4, 0.5) is 5.00 Å². The first-order chi connectivity index (χ1) is 9.02. The van der Waals surface area contributed by atoms with E-state index in [9.17, 15) is 9.59 Å². The highest BCUT2D eigenvalue weighted by Gasteiger charge is 2.20. The Morgan fingerprint density at radius 1 is 1.47 bits per heavy atom. The van der Waals surface area contributed by atoms with Gasteiger partial charge in [-0.2, -0.15) is 4.37 Å². The molecule has 7 heteroatoms. The largest absolute Gasteiger partial charge is 0.478 e. The highest BCUT2D eigenvalue weighted by atomic mass is 32.1. The summed E-state index contributed by atoms with van der Waals surface area (Å²) in [5.41, 5.74) is 0.391. The number of furan rings is 1. The number of aromatic carboxylic acids is 1. The second-order valence-electron chi connectivity index (χ2n) is 3.85. The molecule has 0 unspecified atom stereocenters. The lowest BCUT2D eigenvalue weighted by atomic mass is 10.2. The van der Waals surface area contributed by atoms with Crippen LogP contribution in [0.1, 0.15) is 39.3 Å². The lowest BCUT2D eigenvalue weighted by Gasteiger charge is -2.01. The van der Waals surface area contributed by atoms with Crippen LogP contribution in [-0.2, 0) is 6.42 Å². The molecule has 0 fully saturated rings. The van der Waals surface area contributed by atoms with Crippen molar-refractivity contribution in [2.45, 2.75) is 20.3 Å². The molecule has 6 nitrogen and oxygen atoms in total. The SMILES string of the molecule is CCc1ccc(C(=O)Nc2snc(C)c2C(=O)O)o1. The van der Waals surface area contributed by atoms with E-state index in [0.717, 1.165) is 11.5 Å². The third-order valence-electron chi connectivity index (χ3n) is 2.54. The predicted molar refractivity (Wildman–Crippen MR) is 69.8 cm³/mol. The number of nitrogens with zero attached hydrogens (tertiary/aromatic N) is 1. The number of rotatable bonds is 4. The van der Waals surface area contributed by atoms with Gasteiger partial charge in [0.25, 0.3) is 5.91 Å². The van der Waals surface area contributed by atoms with Crippen LogP contribution in [0.5, 0.6) is 0 Å². The number of aromatic nitrogens is 1. The molecule has 2 N–H and O–H groups in total. The zero-order valence-electron chi connectivity index (χ0n) is 10.4. The first-order valence-corrected chi connectivity index (χ1v) is 6.40. The Labute approximate surface area is 113 Å². The zero-order chi connectivity index (χ0) is 14.0. The Balaban J connectivity index is 2.21. The number of carbonyl (C=O) groups is 2. The van der Waals surface area contributed by atoms with Gasteiger partial charge in [-0.05, 0) is 30.6 Å². The second kappa shape index (κ2) is 5.23. The van der Waals surface area contributed by atoms with Crippen LogP contribution in [0.25, 0.3) is 0 Å². The minimum Gasteiger partial charge on any atom is -0.478 e. The van der Waals surface area contributed by atoms with Gasteiger partial charge in [-0.3, -0.25) is 4.79 Å². The number of hydrogen-bond donors (Lipinski definition) is 2. The molecule has 2 aromatic heterocycles. The van der Waals surface area contributed by atoms with Crippen LogP contribution in [0, 0.1) is 6.92 Å². The van der Waals surface area contributed by atoms with E-state index in [-0.39, 0.29) is 16.3 Å². The van der Waals surface area contributed by atoms with Crippen LogP contribution in [-0.4, -0.2) is 21.4 Å². The van der Waals surface area contributed by atoms with E-state index in [4.69, 9.17) is 9.52 Å². The van der Waals surface area contributed by atoms with Gasteiger partial charge in [0.15, 0.2) is 5.76 Å². The minimum absolute atomic E-state index is 0.0145. The maximum atomic E-state index is 11.9. The number of carbonyl (C=O) groups excluding carboxylic acids is 1. The molecular formula is C12H12N2O4S. The highest BCUT2D eigenvalue weighted by molar-refractivity contribution is 7.11. The molecule has 0 saturated carbocycles. The van der Waals surface area contributed by atoms with Crippen molar-refractivity contribution >= 4 is 28.4 Å². The van der Waals surface area contributed by atoms with Crippen molar-refractivity contribution < 1.29 is 19.1 Å². The first kappa shape index (κ1) is 13.3. The summed E-state index contributed by atoms with van der Waals surface area (Å²) in [6, 6.07) is 3.27. The van der Waals surface area contributed by atoms with E-state index < -0.39 is 11.9 Å². The van der Waals surface area contributed by atoms with Crippen LogP contribution < -0.4 is 5.32 Å². The van der Waals surface area contributed by atoms with Gasteiger partial charge >= 0.3 is 5.97 Å². The third kappa shape index (κ3) is 2.65. The average molecular weight is 280 g/mol. The summed E-state index contributed by atoms with van der Waals surface area (Å²) >= 11 is 0.936. The molecule has 0 aliphatic heterocycles. The van der Waals surface area contributed by atoms with Crippen molar-refractivity contribution in [2.75, 3.05) is 5.32 Å². The molecule has 0 saturated heterocycles. The first-order valence-electron chi connectivity index (χ1n) is 5.62. The Morgan fingerprint density at radius 3 is 2.79 bits per heavy atom. The summed E-state index contributed by atoms with van der Waals surface area (Å²) in [6.07, 6.45) is 0.688. The zero-order valence-corrected chi connectivity index (χ0v) is 11.2. The molecule has 2 rings (SSSR count). The van der Waals surface area contributed by atoms with E-state index in [1.807, 2.05) is 6.92 Å². The summed E-state index contributed by atoms with van der Waals surface area (Å²) in [5, 5.41) is 11.8. The summed E-state index contributed by atoms with van der Waals surface area (Å²) in [7, 11) is 0. The maximum absolute atomic E-state index is 11.9. The van der Waals surface area contributed by atoms with Gasteiger partial charge in [0.2, 0.25) is 0 Å². The standard InChI is InChI=1S/C12H12N2O4S/c1-3-7-4-5-8(18-7)10(15)13-11-9(12(16)17)6(2)14-19-11/h4-5H,3H2,1-2H3,(H,13,15)(H,16,17). The van der Waals surface area contributed by atoms with Crippen molar-refractivity contribution in [1.82, 2.24) is 4.37 Å². The molecule has 100 valence electrons. The highest BCUT2D eigenvalue weighted by Crippen LogP contribution is 2.25. The summed E-state index contributed by atoms with van der Waals surface area (Å²) in [4.78, 5) is 23.0. The van der Waals surface area contributed by atoms with Crippen LogP contribution in [0.2, 0.25) is 0 Å². The quantitative estimate of drug-likeness (QED) is 0.897. The normalized spacial score (nSPS) is 10.4. The molecule has 0 aromatic carbocycles. The molecule has 0 radical (unpaired) electrons. The molecule has 1 amide bonds. The predicted octanol–water partition coefficient (Wildman–Crippen LogP) is 2.56. The van der Waals surface area contributed by atoms with Gasteiger partial charge in [0, 0.05) is 6.42 Å². The number of nitrogens with one attached hydrogen (secondary N) is 1. The summed E-state index contributed by atoms with van der Waals surface area (Å²) < 4.78 is 9.22. The number of carboxylic acids is 1. The number of anilines is 1. The van der Waals surface area contributed by atoms with Gasteiger partial charge in [-0.1, -0.05) is 6.92 Å². The van der Waals surface area contributed by atoms with E-state index in [1.54, 1.807) is 19.1 Å². The number of amides is 1. The van der Waals surface area contributed by atoms with Crippen molar-refractivity contribution in [3.8, 4) is 0 Å². The fourth-order valence-corrected chi connectivity index (χ4v) is 2.35. The second-order valence-corrected chi connectivity index (χ2v) is 4.62. The van der Waals surface area contributed by atoms with E-state index in [1.165, 1.54) is 0 Å². The monoisotopic (exact) mass is 280 g/mol. The topological polar surface area (TPSA) is 92.4 Å². The Kier molecular flexibility index (Phi) is 3.66. The maximum Gasteiger partial charge on any atom is 0.340 e. The molecule has 2 heterocycles. The van der Waals surface area contributed by atoms with Crippen molar-refractivity contribution in [3.05, 3.63) is 34.9 Å². The van der Waals surface area contributed by atoms with Gasteiger partial charge < -0.3 is 14.8 Å². The number of hydrogen-bond acceptors (Lipinski definition) is 5. The fraction of sp³-hybridized carbons (Fsp3) is 0.250. The number of aryl methyl sites for hydroxylation is 2. The molecule has 0 bridgehead atoms. The van der Waals surface area contributed by atoms with Crippen molar-refractivity contribution in [3.63, 3.8) is 0 Å². The molecule has 2 aromatic rings. The van der Waals surface area contributed by atoms with E-state index in [0.29, 0.717) is 17.9 Å². The number of carboxylic acid groups (broad SMARTS) is 1. The Hall–Kier alpha value is -2.15. The summed E-state index contributed by atoms with van der Waals surface area (Å²) in [6.45, 7) is 3.49. The van der Waals surface area contributed by atoms with Gasteiger partial charge in [0.1, 0.15) is 16.3 Å². The van der Waals surface area contributed by atoms with Gasteiger partial charge in [-0.15, -0.1) is 0 Å². The lowest BCUT2D eigenvalue weighted by Crippen LogP contribution is -2.12. The Bertz CT molecular complexity index is 629. The van der Waals surface area contributed by atoms with Crippen LogP contribution >= 0.6 is 11.5 Å². The molecule has 0 aliphatic carbocycles. The summed E-state index contributed by atoms with van der Waals surface area (Å²) in [5.74, 6) is -0.746.